The number of ether oxygens (including phenoxy) is 1. The van der Waals surface area contributed by atoms with Gasteiger partial charge in [-0.1, -0.05) is 32.6 Å². The van der Waals surface area contributed by atoms with E-state index in [-0.39, 0.29) is 11.8 Å². The number of halogens is 1. The highest BCUT2D eigenvalue weighted by molar-refractivity contribution is 5.79. The number of benzene rings is 1. The van der Waals surface area contributed by atoms with Crippen molar-refractivity contribution < 1.29 is 13.9 Å². The summed E-state index contributed by atoms with van der Waals surface area (Å²) in [5, 5.41) is 3.07. The van der Waals surface area contributed by atoms with Crippen molar-refractivity contribution in [2.45, 2.75) is 52.0 Å². The molecule has 1 atom stereocenters. The first-order chi connectivity index (χ1) is 9.56. The minimum Gasteiger partial charge on any atom is -0.467 e. The molecular weight excluding hydrogens is 257 g/mol. The SMILES string of the molecule is CCCCCCC(Nc1cc(C)cc(F)c1)C(=O)OC. The molecular formula is C16H24FNO2. The predicted molar refractivity (Wildman–Crippen MR) is 79.3 cm³/mol. The maximum Gasteiger partial charge on any atom is 0.328 e. The molecule has 1 rings (SSSR count). The van der Waals surface area contributed by atoms with E-state index in [1.165, 1.54) is 19.2 Å². The van der Waals surface area contributed by atoms with E-state index in [1.807, 2.05) is 13.0 Å². The molecule has 0 spiro atoms. The highest BCUT2D eigenvalue weighted by Crippen LogP contribution is 2.17. The monoisotopic (exact) mass is 281 g/mol. The molecule has 0 aliphatic carbocycles. The number of methoxy groups -OCH3 is 1. The van der Waals surface area contributed by atoms with Crippen LogP contribution in [0.2, 0.25) is 0 Å². The number of carbonyl (C=O) groups excluding carboxylic acids is 1. The Morgan fingerprint density at radius 2 is 2.05 bits per heavy atom. The third-order valence-electron chi connectivity index (χ3n) is 3.22. The lowest BCUT2D eigenvalue weighted by molar-refractivity contribution is -0.141. The van der Waals surface area contributed by atoms with Gasteiger partial charge in [-0.25, -0.2) is 9.18 Å². The van der Waals surface area contributed by atoms with Gasteiger partial charge in [0.1, 0.15) is 11.9 Å². The van der Waals surface area contributed by atoms with Crippen molar-refractivity contribution in [2.75, 3.05) is 12.4 Å². The standard InChI is InChI=1S/C16H24FNO2/c1-4-5-6-7-8-15(16(19)20-3)18-14-10-12(2)9-13(17)11-14/h9-11,15,18H,4-8H2,1-3H3. The lowest BCUT2D eigenvalue weighted by Gasteiger charge is -2.18. The van der Waals surface area contributed by atoms with E-state index in [0.717, 1.165) is 31.2 Å². The van der Waals surface area contributed by atoms with Crippen molar-refractivity contribution in [1.29, 1.82) is 0 Å². The topological polar surface area (TPSA) is 38.3 Å². The van der Waals surface area contributed by atoms with Crippen LogP contribution in [-0.4, -0.2) is 19.1 Å². The lowest BCUT2D eigenvalue weighted by Crippen LogP contribution is -2.30. The average molecular weight is 281 g/mol. The summed E-state index contributed by atoms with van der Waals surface area (Å²) in [7, 11) is 1.37. The molecule has 112 valence electrons. The van der Waals surface area contributed by atoms with E-state index in [2.05, 4.69) is 12.2 Å². The van der Waals surface area contributed by atoms with Gasteiger partial charge in [-0.05, 0) is 37.1 Å². The summed E-state index contributed by atoms with van der Waals surface area (Å²) >= 11 is 0. The average Bonchev–Trinajstić information content (AvgIpc) is 2.40. The fourth-order valence-electron chi connectivity index (χ4n) is 2.19. The smallest absolute Gasteiger partial charge is 0.328 e. The lowest BCUT2D eigenvalue weighted by atomic mass is 10.1. The third kappa shape index (κ3) is 5.59. The molecule has 20 heavy (non-hydrogen) atoms. The summed E-state index contributed by atoms with van der Waals surface area (Å²) in [5.41, 5.74) is 1.44. The van der Waals surface area contributed by atoms with Crippen LogP contribution in [-0.2, 0) is 9.53 Å². The van der Waals surface area contributed by atoms with Crippen LogP contribution in [0.15, 0.2) is 18.2 Å². The van der Waals surface area contributed by atoms with Crippen LogP contribution in [0.1, 0.15) is 44.6 Å². The van der Waals surface area contributed by atoms with Gasteiger partial charge in [0.2, 0.25) is 0 Å². The van der Waals surface area contributed by atoms with E-state index in [1.54, 1.807) is 0 Å². The fraction of sp³-hybridized carbons (Fsp3) is 0.562. The highest BCUT2D eigenvalue weighted by atomic mass is 19.1. The summed E-state index contributed by atoms with van der Waals surface area (Å²) in [6.45, 7) is 3.97. The zero-order valence-corrected chi connectivity index (χ0v) is 12.5. The van der Waals surface area contributed by atoms with Gasteiger partial charge in [0.15, 0.2) is 0 Å². The van der Waals surface area contributed by atoms with Gasteiger partial charge in [0, 0.05) is 5.69 Å². The number of hydrogen-bond donors (Lipinski definition) is 1. The van der Waals surface area contributed by atoms with Crippen LogP contribution in [0.4, 0.5) is 10.1 Å². The molecule has 0 heterocycles. The minimum absolute atomic E-state index is 0.302. The molecule has 1 aromatic rings. The van der Waals surface area contributed by atoms with Gasteiger partial charge in [0.05, 0.1) is 7.11 Å². The van der Waals surface area contributed by atoms with Gasteiger partial charge in [-0.3, -0.25) is 0 Å². The van der Waals surface area contributed by atoms with Gasteiger partial charge in [-0.15, -0.1) is 0 Å². The molecule has 0 aromatic heterocycles. The first kappa shape index (κ1) is 16.5. The number of hydrogen-bond acceptors (Lipinski definition) is 3. The van der Waals surface area contributed by atoms with Crippen molar-refractivity contribution in [1.82, 2.24) is 0 Å². The molecule has 0 fully saturated rings. The second kappa shape index (κ2) is 8.56. The molecule has 0 aliphatic rings. The maximum atomic E-state index is 13.4. The van der Waals surface area contributed by atoms with E-state index >= 15 is 0 Å². The maximum absolute atomic E-state index is 13.4. The van der Waals surface area contributed by atoms with Crippen LogP contribution in [0.3, 0.4) is 0 Å². The molecule has 0 saturated heterocycles. The molecule has 4 heteroatoms. The number of unbranched alkanes of at least 4 members (excludes halogenated alkanes) is 3. The summed E-state index contributed by atoms with van der Waals surface area (Å²) in [6, 6.07) is 4.26. The highest BCUT2D eigenvalue weighted by Gasteiger charge is 2.18. The zero-order valence-electron chi connectivity index (χ0n) is 12.5. The van der Waals surface area contributed by atoms with Crippen molar-refractivity contribution in [3.63, 3.8) is 0 Å². The van der Waals surface area contributed by atoms with Crippen molar-refractivity contribution in [3.8, 4) is 0 Å². The zero-order chi connectivity index (χ0) is 15.0. The number of esters is 1. The molecule has 0 radical (unpaired) electrons. The number of aryl methyl sites for hydroxylation is 1. The Bertz CT molecular complexity index is 414. The van der Waals surface area contributed by atoms with E-state index < -0.39 is 6.04 Å². The van der Waals surface area contributed by atoms with E-state index in [9.17, 15) is 9.18 Å². The van der Waals surface area contributed by atoms with E-state index in [0.29, 0.717) is 12.1 Å². The van der Waals surface area contributed by atoms with Crippen LogP contribution < -0.4 is 5.32 Å². The minimum atomic E-state index is -0.418. The first-order valence-corrected chi connectivity index (χ1v) is 7.18. The van der Waals surface area contributed by atoms with Gasteiger partial charge in [-0.2, -0.15) is 0 Å². The largest absolute Gasteiger partial charge is 0.467 e. The van der Waals surface area contributed by atoms with Crippen LogP contribution in [0, 0.1) is 12.7 Å². The summed E-state index contributed by atoms with van der Waals surface area (Å²) in [6.07, 6.45) is 5.05. The van der Waals surface area contributed by atoms with Crippen LogP contribution >= 0.6 is 0 Å². The molecule has 1 unspecified atom stereocenters. The summed E-state index contributed by atoms with van der Waals surface area (Å²) in [5.74, 6) is -0.606. The number of rotatable bonds is 8. The molecule has 0 saturated carbocycles. The Balaban J connectivity index is 2.65. The summed E-state index contributed by atoms with van der Waals surface area (Å²) < 4.78 is 18.2. The molecule has 1 N–H and O–H groups in total. The fourth-order valence-corrected chi connectivity index (χ4v) is 2.19. The molecule has 0 bridgehead atoms. The second-order valence-electron chi connectivity index (χ2n) is 5.09. The summed E-state index contributed by atoms with van der Waals surface area (Å²) in [4.78, 5) is 11.8. The van der Waals surface area contributed by atoms with Gasteiger partial charge < -0.3 is 10.1 Å². The Hall–Kier alpha value is -1.58. The quantitative estimate of drug-likeness (QED) is 0.577. The number of carbonyl (C=O) groups is 1. The normalized spacial score (nSPS) is 12.0. The van der Waals surface area contributed by atoms with Gasteiger partial charge >= 0.3 is 5.97 Å². The Morgan fingerprint density at radius 1 is 1.30 bits per heavy atom. The van der Waals surface area contributed by atoms with Crippen molar-refractivity contribution in [2.24, 2.45) is 0 Å². The Labute approximate surface area is 120 Å². The predicted octanol–water partition coefficient (Wildman–Crippen LogP) is 4.06. The van der Waals surface area contributed by atoms with Crippen molar-refractivity contribution in [3.05, 3.63) is 29.6 Å². The molecule has 1 aromatic carbocycles. The first-order valence-electron chi connectivity index (χ1n) is 7.18. The number of nitrogens with one attached hydrogen (secondary N) is 1. The van der Waals surface area contributed by atoms with Gasteiger partial charge in [0.25, 0.3) is 0 Å². The second-order valence-corrected chi connectivity index (χ2v) is 5.09. The van der Waals surface area contributed by atoms with Crippen LogP contribution in [0.25, 0.3) is 0 Å². The molecule has 0 amide bonds. The van der Waals surface area contributed by atoms with E-state index in [4.69, 9.17) is 4.74 Å². The third-order valence-corrected chi connectivity index (χ3v) is 3.22. The van der Waals surface area contributed by atoms with Crippen LogP contribution in [0.5, 0.6) is 0 Å². The number of anilines is 1. The Morgan fingerprint density at radius 3 is 2.65 bits per heavy atom. The van der Waals surface area contributed by atoms with Crippen molar-refractivity contribution >= 4 is 11.7 Å². The molecule has 3 nitrogen and oxygen atoms in total. The molecule has 0 aliphatic heterocycles. The Kier molecular flexibility index (Phi) is 7.05.